The second-order valence-electron chi connectivity index (χ2n) is 6.94. The minimum atomic E-state index is -0.838. The topological polar surface area (TPSA) is 9.23 Å². The second kappa shape index (κ2) is 9.50. The molecule has 3 heteroatoms. The molecule has 0 bridgehead atoms. The third-order valence-electron chi connectivity index (χ3n) is 4.85. The Hall–Kier alpha value is -2.68. The van der Waals surface area contributed by atoms with Crippen LogP contribution >= 0.6 is 0 Å². The largest absolute Gasteiger partial charge is 0.494 e. The van der Waals surface area contributed by atoms with Gasteiger partial charge in [0.2, 0.25) is 0 Å². The van der Waals surface area contributed by atoms with E-state index in [4.69, 9.17) is 4.74 Å². The number of hydrogen-bond acceptors (Lipinski definition) is 1. The Bertz CT molecular complexity index is 958. The SMILES string of the molecule is CCCCCc1ccc(C(F)=C(F)c2ccc3cc(OCC)ccc3c2)cc1. The Morgan fingerprint density at radius 3 is 2.11 bits per heavy atom. The number of benzene rings is 3. The Kier molecular flexibility index (Phi) is 6.80. The van der Waals surface area contributed by atoms with Crippen molar-refractivity contribution in [2.24, 2.45) is 0 Å². The molecule has 0 aliphatic carbocycles. The van der Waals surface area contributed by atoms with E-state index < -0.39 is 11.7 Å². The molecule has 0 N–H and O–H groups in total. The van der Waals surface area contributed by atoms with Crippen molar-refractivity contribution in [1.29, 1.82) is 0 Å². The van der Waals surface area contributed by atoms with Crippen LogP contribution in [0.3, 0.4) is 0 Å². The first-order valence-electron chi connectivity index (χ1n) is 9.94. The van der Waals surface area contributed by atoms with Crippen molar-refractivity contribution < 1.29 is 13.5 Å². The van der Waals surface area contributed by atoms with Crippen molar-refractivity contribution in [1.82, 2.24) is 0 Å². The smallest absolute Gasteiger partial charge is 0.166 e. The fourth-order valence-electron chi connectivity index (χ4n) is 3.27. The lowest BCUT2D eigenvalue weighted by molar-refractivity contribution is 0.341. The zero-order valence-corrected chi connectivity index (χ0v) is 16.5. The molecule has 0 heterocycles. The Morgan fingerprint density at radius 2 is 1.39 bits per heavy atom. The second-order valence-corrected chi connectivity index (χ2v) is 6.94. The van der Waals surface area contributed by atoms with Gasteiger partial charge in [0.15, 0.2) is 11.7 Å². The summed E-state index contributed by atoms with van der Waals surface area (Å²) < 4.78 is 35.0. The van der Waals surface area contributed by atoms with E-state index in [1.165, 1.54) is 12.8 Å². The highest BCUT2D eigenvalue weighted by Gasteiger charge is 2.12. The van der Waals surface area contributed by atoms with Crippen LogP contribution < -0.4 is 4.74 Å². The van der Waals surface area contributed by atoms with Gasteiger partial charge in [-0.3, -0.25) is 0 Å². The first-order chi connectivity index (χ1) is 13.6. The monoisotopic (exact) mass is 380 g/mol. The molecule has 3 aromatic carbocycles. The van der Waals surface area contributed by atoms with Gasteiger partial charge in [-0.2, -0.15) is 0 Å². The molecule has 0 spiro atoms. The summed E-state index contributed by atoms with van der Waals surface area (Å²) in [6.45, 7) is 4.67. The normalized spacial score (nSPS) is 12.1. The molecule has 0 unspecified atom stereocenters. The van der Waals surface area contributed by atoms with Crippen LogP contribution in [0.4, 0.5) is 8.78 Å². The van der Waals surface area contributed by atoms with E-state index in [0.29, 0.717) is 6.61 Å². The van der Waals surface area contributed by atoms with E-state index >= 15 is 0 Å². The van der Waals surface area contributed by atoms with Crippen LogP contribution in [0.5, 0.6) is 5.75 Å². The van der Waals surface area contributed by atoms with Crippen molar-refractivity contribution in [2.75, 3.05) is 6.61 Å². The number of unbranched alkanes of at least 4 members (excludes halogenated alkanes) is 2. The summed E-state index contributed by atoms with van der Waals surface area (Å²) in [5, 5.41) is 1.77. The third kappa shape index (κ3) is 4.78. The van der Waals surface area contributed by atoms with Gasteiger partial charge in [0.1, 0.15) is 5.75 Å². The van der Waals surface area contributed by atoms with Gasteiger partial charge >= 0.3 is 0 Å². The molecular formula is C25H26F2O. The molecule has 0 aliphatic heterocycles. The zero-order valence-electron chi connectivity index (χ0n) is 16.5. The molecule has 0 fully saturated rings. The van der Waals surface area contributed by atoms with Gasteiger partial charge in [0, 0.05) is 11.1 Å². The number of aryl methyl sites for hydroxylation is 1. The summed E-state index contributed by atoms with van der Waals surface area (Å²) in [5.41, 5.74) is 1.66. The number of fused-ring (bicyclic) bond motifs is 1. The van der Waals surface area contributed by atoms with Crippen molar-refractivity contribution in [3.63, 3.8) is 0 Å². The van der Waals surface area contributed by atoms with Crippen LogP contribution in [-0.4, -0.2) is 6.61 Å². The van der Waals surface area contributed by atoms with E-state index in [1.54, 1.807) is 30.3 Å². The molecule has 0 saturated heterocycles. The van der Waals surface area contributed by atoms with Crippen molar-refractivity contribution in [3.05, 3.63) is 77.4 Å². The first kappa shape index (κ1) is 20.1. The zero-order chi connectivity index (χ0) is 19.9. The highest BCUT2D eigenvalue weighted by Crippen LogP contribution is 2.31. The standard InChI is InChI=1S/C25H26F2O/c1-3-5-6-7-18-8-10-19(11-9-18)24(26)25(27)22-13-12-21-17-23(28-4-2)15-14-20(21)16-22/h8-17H,3-7H2,1-2H3. The molecular weight excluding hydrogens is 354 g/mol. The van der Waals surface area contributed by atoms with Crippen LogP contribution in [0.1, 0.15) is 49.8 Å². The predicted molar refractivity (Wildman–Crippen MR) is 114 cm³/mol. The maximum atomic E-state index is 14.8. The van der Waals surface area contributed by atoms with E-state index in [2.05, 4.69) is 6.92 Å². The minimum absolute atomic E-state index is 0.237. The summed E-state index contributed by atoms with van der Waals surface area (Å²) in [4.78, 5) is 0. The Labute approximate surface area is 165 Å². The van der Waals surface area contributed by atoms with E-state index in [9.17, 15) is 8.78 Å². The third-order valence-corrected chi connectivity index (χ3v) is 4.85. The van der Waals surface area contributed by atoms with Gasteiger partial charge in [-0.05, 0) is 54.3 Å². The van der Waals surface area contributed by atoms with Crippen LogP contribution in [0.2, 0.25) is 0 Å². The van der Waals surface area contributed by atoms with Crippen LogP contribution in [-0.2, 0) is 6.42 Å². The lowest BCUT2D eigenvalue weighted by Gasteiger charge is -2.07. The Morgan fingerprint density at radius 1 is 0.750 bits per heavy atom. The molecule has 28 heavy (non-hydrogen) atoms. The van der Waals surface area contributed by atoms with E-state index in [1.807, 2.05) is 37.3 Å². The molecule has 0 saturated carbocycles. The molecule has 0 aromatic heterocycles. The minimum Gasteiger partial charge on any atom is -0.494 e. The summed E-state index contributed by atoms with van der Waals surface area (Å²) in [5.74, 6) is -0.899. The summed E-state index contributed by atoms with van der Waals surface area (Å²) >= 11 is 0. The summed E-state index contributed by atoms with van der Waals surface area (Å²) in [6, 6.07) is 17.7. The molecule has 0 aliphatic rings. The van der Waals surface area contributed by atoms with Crippen LogP contribution in [0.15, 0.2) is 60.7 Å². The van der Waals surface area contributed by atoms with Gasteiger partial charge in [0.05, 0.1) is 6.61 Å². The first-order valence-corrected chi connectivity index (χ1v) is 9.94. The fourth-order valence-corrected chi connectivity index (χ4v) is 3.27. The summed E-state index contributed by atoms with van der Waals surface area (Å²) in [6.07, 6.45) is 4.43. The fraction of sp³-hybridized carbons (Fsp3) is 0.280. The molecule has 0 radical (unpaired) electrons. The van der Waals surface area contributed by atoms with Gasteiger partial charge in [-0.1, -0.05) is 62.2 Å². The average molecular weight is 380 g/mol. The van der Waals surface area contributed by atoms with Crippen LogP contribution in [0.25, 0.3) is 22.4 Å². The summed E-state index contributed by atoms with van der Waals surface area (Å²) in [7, 11) is 0. The highest BCUT2D eigenvalue weighted by atomic mass is 19.2. The van der Waals surface area contributed by atoms with Crippen molar-refractivity contribution in [2.45, 2.75) is 39.5 Å². The van der Waals surface area contributed by atoms with Gasteiger partial charge in [-0.25, -0.2) is 8.78 Å². The van der Waals surface area contributed by atoms with Crippen molar-refractivity contribution >= 4 is 22.4 Å². The van der Waals surface area contributed by atoms with E-state index in [-0.39, 0.29) is 11.1 Å². The maximum Gasteiger partial charge on any atom is 0.166 e. The highest BCUT2D eigenvalue weighted by molar-refractivity contribution is 5.90. The average Bonchev–Trinajstić information content (AvgIpc) is 2.73. The van der Waals surface area contributed by atoms with Gasteiger partial charge in [0.25, 0.3) is 0 Å². The molecule has 146 valence electrons. The van der Waals surface area contributed by atoms with Crippen LogP contribution in [0, 0.1) is 0 Å². The van der Waals surface area contributed by atoms with Gasteiger partial charge < -0.3 is 4.74 Å². The van der Waals surface area contributed by atoms with E-state index in [0.717, 1.165) is 34.9 Å². The lowest BCUT2D eigenvalue weighted by atomic mass is 10.0. The molecule has 0 atom stereocenters. The lowest BCUT2D eigenvalue weighted by Crippen LogP contribution is -1.91. The number of rotatable bonds is 8. The maximum absolute atomic E-state index is 14.8. The number of hydrogen-bond donors (Lipinski definition) is 0. The quantitative estimate of drug-likeness (QED) is 0.287. The van der Waals surface area contributed by atoms with Gasteiger partial charge in [-0.15, -0.1) is 0 Å². The molecule has 1 nitrogen and oxygen atoms in total. The molecule has 0 amide bonds. The Balaban J connectivity index is 1.83. The molecule has 3 aromatic rings. The number of ether oxygens (including phenoxy) is 1. The number of halogens is 2. The van der Waals surface area contributed by atoms with Crippen molar-refractivity contribution in [3.8, 4) is 5.75 Å². The molecule has 3 rings (SSSR count). The predicted octanol–water partition coefficient (Wildman–Crippen LogP) is 7.74.